The monoisotopic (exact) mass is 1110 g/mol. The summed E-state index contributed by atoms with van der Waals surface area (Å²) in [5, 5.41) is 162. The van der Waals surface area contributed by atoms with Crippen LogP contribution in [0, 0.1) is 23.7 Å². The summed E-state index contributed by atoms with van der Waals surface area (Å²) in [4.78, 5) is 25.8. The predicted octanol–water partition coefficient (Wildman–Crippen LogP) is -5.57. The fourth-order valence-electron chi connectivity index (χ4n) is 12.3. The van der Waals surface area contributed by atoms with Gasteiger partial charge in [0, 0.05) is 30.9 Å². The van der Waals surface area contributed by atoms with E-state index in [-0.39, 0.29) is 43.9 Å². The molecule has 16 N–H and O–H groups in total. The van der Waals surface area contributed by atoms with Crippen LogP contribution in [-0.4, -0.2) is 266 Å². The maximum atomic E-state index is 13.0. The van der Waals surface area contributed by atoms with E-state index in [0.717, 1.165) is 0 Å². The summed E-state index contributed by atoms with van der Waals surface area (Å²) >= 11 is 0. The molecule has 440 valence electrons. The molecule has 0 amide bonds. The number of hydrogen-bond donors (Lipinski definition) is 15. The summed E-state index contributed by atoms with van der Waals surface area (Å²) in [5.41, 5.74) is 0. The minimum Gasteiger partial charge on any atom is -0.460 e. The Hall–Kier alpha value is -2.46. The molecule has 26 nitrogen and oxygen atoms in total. The summed E-state index contributed by atoms with van der Waals surface area (Å²) in [6, 6.07) is 0. The van der Waals surface area contributed by atoms with Crippen molar-refractivity contribution in [3.8, 4) is 0 Å². The van der Waals surface area contributed by atoms with Crippen LogP contribution in [0.4, 0.5) is 0 Å². The molecule has 4 saturated heterocycles. The number of ether oxygens (including phenoxy) is 9. The Morgan fingerprint density at radius 1 is 0.468 bits per heavy atom. The summed E-state index contributed by atoms with van der Waals surface area (Å²) in [6.45, 7) is -2.07. The maximum Gasteiger partial charge on any atom is 0.330 e. The van der Waals surface area contributed by atoms with E-state index in [4.69, 9.17) is 42.6 Å². The van der Waals surface area contributed by atoms with Crippen LogP contribution in [-0.2, 0) is 47.5 Å². The van der Waals surface area contributed by atoms with Crippen LogP contribution in [0.1, 0.15) is 83.5 Å². The average Bonchev–Trinajstić information content (AvgIpc) is 3.42. The van der Waals surface area contributed by atoms with Crippen molar-refractivity contribution in [2.75, 3.05) is 19.8 Å². The third-order valence-corrected chi connectivity index (χ3v) is 16.9. The lowest BCUT2D eigenvalue weighted by atomic mass is 9.72. The molecule has 4 aliphatic heterocycles. The minimum absolute atomic E-state index is 0.000947. The molecule has 0 aromatic carbocycles. The van der Waals surface area contributed by atoms with E-state index in [1.807, 2.05) is 0 Å². The van der Waals surface area contributed by atoms with Gasteiger partial charge in [-0.1, -0.05) is 12.2 Å². The zero-order valence-corrected chi connectivity index (χ0v) is 42.6. The maximum absolute atomic E-state index is 13.0. The first-order valence-corrected chi connectivity index (χ1v) is 27.2. The summed E-state index contributed by atoms with van der Waals surface area (Å²) in [5.74, 6) is -3.07. The van der Waals surface area contributed by atoms with Crippen LogP contribution < -0.4 is 0 Å². The van der Waals surface area contributed by atoms with Crippen molar-refractivity contribution in [2.45, 2.75) is 237 Å². The third kappa shape index (κ3) is 14.8. The van der Waals surface area contributed by atoms with Crippen molar-refractivity contribution in [1.29, 1.82) is 0 Å². The molecule has 4 saturated carbocycles. The Morgan fingerprint density at radius 3 is 1.47 bits per heavy atom. The fourth-order valence-corrected chi connectivity index (χ4v) is 12.3. The quantitative estimate of drug-likeness (QED) is 0.0389. The highest BCUT2D eigenvalue weighted by Crippen LogP contribution is 2.44. The van der Waals surface area contributed by atoms with Gasteiger partial charge in [-0.15, -0.1) is 0 Å². The van der Waals surface area contributed by atoms with E-state index in [1.54, 1.807) is 12.2 Å². The van der Waals surface area contributed by atoms with Gasteiger partial charge in [0.05, 0.1) is 49.1 Å². The van der Waals surface area contributed by atoms with Gasteiger partial charge in [0.1, 0.15) is 98.7 Å². The lowest BCUT2D eigenvalue weighted by Gasteiger charge is -2.51. The van der Waals surface area contributed by atoms with Gasteiger partial charge in [0.15, 0.2) is 31.1 Å². The molecule has 0 spiro atoms. The normalized spacial score (nSPS) is 49.1. The van der Waals surface area contributed by atoms with Crippen molar-refractivity contribution in [3.05, 3.63) is 24.3 Å². The van der Waals surface area contributed by atoms with Crippen molar-refractivity contribution >= 4 is 11.9 Å². The van der Waals surface area contributed by atoms with Crippen molar-refractivity contribution in [1.82, 2.24) is 0 Å². The molecule has 26 heteroatoms. The molecule has 0 aromatic heterocycles. The van der Waals surface area contributed by atoms with Gasteiger partial charge in [-0.25, -0.2) is 9.59 Å². The van der Waals surface area contributed by atoms with Crippen molar-refractivity contribution < 1.29 is 129 Å². The summed E-state index contributed by atoms with van der Waals surface area (Å²) in [7, 11) is 0. The number of rotatable bonds is 16. The zero-order chi connectivity index (χ0) is 55.4. The number of fused-ring (bicyclic) bond motifs is 1. The lowest BCUT2D eigenvalue weighted by Crippen LogP contribution is -2.66. The Balaban J connectivity index is 1.05. The van der Waals surface area contributed by atoms with E-state index in [9.17, 15) is 86.2 Å². The Bertz CT molecular complexity index is 1920. The number of carbonyl (C=O) groups is 2. The summed E-state index contributed by atoms with van der Waals surface area (Å²) < 4.78 is 52.9. The van der Waals surface area contributed by atoms with E-state index < -0.39 is 197 Å². The number of esters is 2. The van der Waals surface area contributed by atoms with E-state index in [1.165, 1.54) is 12.2 Å². The molecular formula is C51H81O26+. The number of aliphatic hydroxyl groups is 17. The molecule has 8 fully saturated rings. The average molecular weight is 1110 g/mol. The molecule has 0 bridgehead atoms. The topological polar surface area (TPSA) is 424 Å². The van der Waals surface area contributed by atoms with Crippen LogP contribution in [0.25, 0.3) is 0 Å². The lowest BCUT2D eigenvalue weighted by molar-refractivity contribution is -0.390. The number of hydrogen-bond acceptors (Lipinski definition) is 25. The molecule has 0 radical (unpaired) electrons. The van der Waals surface area contributed by atoms with Gasteiger partial charge in [0.25, 0.3) is 0 Å². The van der Waals surface area contributed by atoms with Crippen LogP contribution in [0.3, 0.4) is 0 Å². The Labute approximate surface area is 444 Å². The molecule has 77 heavy (non-hydrogen) atoms. The van der Waals surface area contributed by atoms with E-state index >= 15 is 0 Å². The Morgan fingerprint density at radius 2 is 0.935 bits per heavy atom. The van der Waals surface area contributed by atoms with E-state index in [0.29, 0.717) is 51.4 Å². The Kier molecular flexibility index (Phi) is 21.3. The van der Waals surface area contributed by atoms with Crippen molar-refractivity contribution in [2.24, 2.45) is 23.7 Å². The van der Waals surface area contributed by atoms with Gasteiger partial charge in [-0.05, 0) is 82.5 Å². The minimum atomic E-state index is -2.05. The third-order valence-electron chi connectivity index (χ3n) is 16.9. The van der Waals surface area contributed by atoms with E-state index in [2.05, 4.69) is 0 Å². The predicted molar refractivity (Wildman–Crippen MR) is 256 cm³/mol. The SMILES string of the molecule is O=C(C=CC1CCC(O)CC1)OCC1OC(OC2C(OC3CC4C(OC5OC(CO)C(O)C(O)C5O)CC(O)CC4[OH+]C3C3CC(O)C(O)C(O)C3)OC(COC(=O)C=CC3CCC(O)CC3)C(O)C2O)C(O)C(O)C1O. The number of carbonyl (C=O) groups excluding carboxylic acids is 2. The first-order chi connectivity index (χ1) is 36.7. The van der Waals surface area contributed by atoms with Crippen LogP contribution in [0.5, 0.6) is 0 Å². The molecule has 0 aromatic rings. The van der Waals surface area contributed by atoms with Gasteiger partial charge in [0.2, 0.25) is 0 Å². The van der Waals surface area contributed by atoms with Crippen molar-refractivity contribution in [3.63, 3.8) is 0 Å². The largest absolute Gasteiger partial charge is 0.460 e. The van der Waals surface area contributed by atoms with Gasteiger partial charge < -0.3 is 119 Å². The molecule has 4 heterocycles. The zero-order valence-electron chi connectivity index (χ0n) is 42.6. The highest BCUT2D eigenvalue weighted by atomic mass is 16.8. The molecule has 23 unspecified atom stereocenters. The standard InChI is InChI=1S/C51H80O26/c52-18-33-39(61)42(64)45(67)49(74-33)72-31-16-26(55)15-30-27(31)17-32(47(71-30)23-13-28(56)38(60)29(57)14-23)73-51-48(44(66)41(63)35(76-51)20-70-37(59)12-6-22-3-9-25(54)10-4-22)77-50-46(68)43(65)40(62)34(75-50)19-69-36(58)11-5-21-1-7-24(53)8-2-21/h5-6,11-12,21-35,38-57,60-68H,1-4,7-10,13-20H2/p+1. The van der Waals surface area contributed by atoms with Crippen LogP contribution >= 0.6 is 0 Å². The highest BCUT2D eigenvalue weighted by molar-refractivity contribution is 5.82. The molecule has 4 aliphatic carbocycles. The number of aliphatic hydroxyl groups excluding tert-OH is 15. The van der Waals surface area contributed by atoms with Gasteiger partial charge in [-0.2, -0.15) is 0 Å². The second-order valence-corrected chi connectivity index (χ2v) is 22.4. The highest BCUT2D eigenvalue weighted by Gasteiger charge is 2.58. The first-order valence-electron chi connectivity index (χ1n) is 27.2. The molecular weight excluding hydrogens is 1030 g/mol. The molecule has 8 aliphatic rings. The second kappa shape index (κ2) is 27.1. The second-order valence-electron chi connectivity index (χ2n) is 22.4. The molecule has 23 atom stereocenters. The molecule has 8 rings (SSSR count). The fraction of sp³-hybridized carbons (Fsp3) is 0.882. The van der Waals surface area contributed by atoms with Gasteiger partial charge >= 0.3 is 11.9 Å². The van der Waals surface area contributed by atoms with Crippen LogP contribution in [0.2, 0.25) is 0 Å². The summed E-state index contributed by atoms with van der Waals surface area (Å²) in [6.07, 6.45) is -26.7. The van der Waals surface area contributed by atoms with Gasteiger partial charge in [-0.3, -0.25) is 0 Å². The first kappa shape index (κ1) is 60.6. The number of allylic oxidation sites excluding steroid dienone is 2. The van der Waals surface area contributed by atoms with Crippen LogP contribution in [0.15, 0.2) is 24.3 Å². The smallest absolute Gasteiger partial charge is 0.330 e.